The maximum Gasteiger partial charge on any atom is 0.132 e. The van der Waals surface area contributed by atoms with Gasteiger partial charge in [0, 0.05) is 28.4 Å². The first-order valence-corrected chi connectivity index (χ1v) is 14.5. The molecule has 0 bridgehead atoms. The Labute approximate surface area is 246 Å². The van der Waals surface area contributed by atoms with E-state index < -0.39 is 0 Å². The Balaban J connectivity index is 0.978. The van der Waals surface area contributed by atoms with E-state index in [2.05, 4.69) is 163 Å². The second kappa shape index (κ2) is 10.2. The molecule has 0 saturated heterocycles. The highest BCUT2D eigenvalue weighted by Crippen LogP contribution is 2.46. The molecule has 1 heterocycles. The molecule has 1 aliphatic carbocycles. The van der Waals surface area contributed by atoms with Gasteiger partial charge in [0.25, 0.3) is 0 Å². The molecule has 200 valence electrons. The first-order chi connectivity index (χ1) is 20.8. The lowest BCUT2D eigenvalue weighted by molar-refractivity contribution is 0.270. The summed E-state index contributed by atoms with van der Waals surface area (Å²) >= 11 is 0. The van der Waals surface area contributed by atoms with Gasteiger partial charge in [0.1, 0.15) is 11.9 Å². The number of benzene rings is 6. The molecule has 6 aromatic carbocycles. The Bertz CT molecular complexity index is 1960. The lowest BCUT2D eigenvalue weighted by Crippen LogP contribution is -2.15. The van der Waals surface area contributed by atoms with Crippen molar-refractivity contribution in [2.45, 2.75) is 12.0 Å². The molecule has 2 nitrogen and oxygen atoms in total. The molecular weight excluding hydrogens is 510 g/mol. The van der Waals surface area contributed by atoms with Gasteiger partial charge in [0.15, 0.2) is 0 Å². The van der Waals surface area contributed by atoms with Crippen molar-refractivity contribution >= 4 is 22.1 Å². The van der Waals surface area contributed by atoms with Crippen molar-refractivity contribution in [3.63, 3.8) is 0 Å². The fourth-order valence-electron chi connectivity index (χ4n) is 6.26. The smallest absolute Gasteiger partial charge is 0.132 e. The van der Waals surface area contributed by atoms with Crippen molar-refractivity contribution < 1.29 is 4.74 Å². The molecule has 1 N–H and O–H groups in total. The molecule has 1 aliphatic heterocycles. The molecule has 0 amide bonds. The van der Waals surface area contributed by atoms with Crippen LogP contribution in [0.15, 0.2) is 158 Å². The summed E-state index contributed by atoms with van der Waals surface area (Å²) in [5.41, 5.74) is 10.6. The van der Waals surface area contributed by atoms with Crippen molar-refractivity contribution in [3.8, 4) is 39.1 Å². The van der Waals surface area contributed by atoms with Gasteiger partial charge in [0.2, 0.25) is 0 Å². The molecule has 0 radical (unpaired) electrons. The van der Waals surface area contributed by atoms with Crippen LogP contribution in [-0.2, 0) is 0 Å². The van der Waals surface area contributed by atoms with Gasteiger partial charge >= 0.3 is 0 Å². The molecule has 0 fully saturated rings. The number of hydrogen-bond acceptors (Lipinski definition) is 2. The predicted molar refractivity (Wildman–Crippen MR) is 175 cm³/mol. The average Bonchev–Trinajstić information content (AvgIpc) is 3.44. The largest absolute Gasteiger partial charge is 0.484 e. The van der Waals surface area contributed by atoms with Crippen LogP contribution in [0.5, 0.6) is 5.75 Å². The van der Waals surface area contributed by atoms with Gasteiger partial charge in [-0.25, -0.2) is 0 Å². The Hall–Kier alpha value is -5.34. The van der Waals surface area contributed by atoms with Crippen LogP contribution < -0.4 is 10.1 Å². The highest BCUT2D eigenvalue weighted by molar-refractivity contribution is 5.96. The van der Waals surface area contributed by atoms with E-state index in [-0.39, 0.29) is 6.10 Å². The second-order valence-electron chi connectivity index (χ2n) is 11.0. The average molecular weight is 540 g/mol. The monoisotopic (exact) mass is 539 g/mol. The second-order valence-corrected chi connectivity index (χ2v) is 11.0. The number of rotatable bonds is 5. The van der Waals surface area contributed by atoms with E-state index in [1.165, 1.54) is 38.6 Å². The molecule has 0 aromatic heterocycles. The molecule has 42 heavy (non-hydrogen) atoms. The van der Waals surface area contributed by atoms with E-state index >= 15 is 0 Å². The quantitative estimate of drug-likeness (QED) is 0.235. The minimum absolute atomic E-state index is 0.0946. The SMILES string of the molecule is C1=CC2Oc3c(-c4ccc(Nc5ccc(-c6ccc(-c7cccc8ccccc78)cc6)cc5)cc4)cccc3C2C=C1. The third kappa shape index (κ3) is 4.38. The first kappa shape index (κ1) is 24.5. The van der Waals surface area contributed by atoms with E-state index in [0.717, 1.165) is 28.3 Å². The fraction of sp³-hybridized carbons (Fsp3) is 0.0500. The van der Waals surface area contributed by atoms with Crippen LogP contribution >= 0.6 is 0 Å². The van der Waals surface area contributed by atoms with Crippen LogP contribution in [0.1, 0.15) is 11.5 Å². The fourth-order valence-corrected chi connectivity index (χ4v) is 6.26. The number of fused-ring (bicyclic) bond motifs is 4. The van der Waals surface area contributed by atoms with Crippen molar-refractivity contribution in [3.05, 3.63) is 163 Å². The summed E-state index contributed by atoms with van der Waals surface area (Å²) in [5, 5.41) is 6.10. The molecule has 0 spiro atoms. The molecule has 0 saturated carbocycles. The Morgan fingerprint density at radius 2 is 1.05 bits per heavy atom. The van der Waals surface area contributed by atoms with Gasteiger partial charge in [-0.2, -0.15) is 0 Å². The van der Waals surface area contributed by atoms with Crippen LogP contribution in [0, 0.1) is 0 Å². The summed E-state index contributed by atoms with van der Waals surface area (Å²) < 4.78 is 6.36. The van der Waals surface area contributed by atoms with Gasteiger partial charge in [-0.15, -0.1) is 0 Å². The minimum Gasteiger partial charge on any atom is -0.484 e. The first-order valence-electron chi connectivity index (χ1n) is 14.5. The normalized spacial score (nSPS) is 16.6. The predicted octanol–water partition coefficient (Wildman–Crippen LogP) is 10.6. The lowest BCUT2D eigenvalue weighted by atomic mass is 9.90. The Morgan fingerprint density at radius 1 is 0.476 bits per heavy atom. The van der Waals surface area contributed by atoms with Crippen LogP contribution in [0.2, 0.25) is 0 Å². The maximum absolute atomic E-state index is 6.36. The van der Waals surface area contributed by atoms with Crippen LogP contribution in [0.3, 0.4) is 0 Å². The number of para-hydroxylation sites is 1. The summed E-state index contributed by atoms with van der Waals surface area (Å²) in [6.45, 7) is 0. The minimum atomic E-state index is 0.0946. The van der Waals surface area contributed by atoms with Crippen LogP contribution in [-0.4, -0.2) is 6.10 Å². The van der Waals surface area contributed by atoms with E-state index in [4.69, 9.17) is 4.74 Å². The zero-order valence-electron chi connectivity index (χ0n) is 23.1. The lowest BCUT2D eigenvalue weighted by Gasteiger charge is -2.14. The van der Waals surface area contributed by atoms with Gasteiger partial charge in [0.05, 0.1) is 0 Å². The van der Waals surface area contributed by atoms with E-state index in [1.54, 1.807) is 0 Å². The highest BCUT2D eigenvalue weighted by Gasteiger charge is 2.33. The zero-order valence-corrected chi connectivity index (χ0v) is 23.1. The molecule has 8 rings (SSSR count). The van der Waals surface area contributed by atoms with Crippen molar-refractivity contribution in [1.82, 2.24) is 0 Å². The summed E-state index contributed by atoms with van der Waals surface area (Å²) in [6.07, 6.45) is 8.66. The highest BCUT2D eigenvalue weighted by atomic mass is 16.5. The number of allylic oxidation sites excluding steroid dienone is 2. The number of nitrogens with one attached hydrogen (secondary N) is 1. The van der Waals surface area contributed by atoms with E-state index in [9.17, 15) is 0 Å². The standard InChI is InChI=1S/C40H29NO/c1-2-9-34-29(7-1)8-5-11-35(34)30-17-15-27(16-18-30)28-19-23-32(24-20-28)41-33-25-21-31(22-26-33)36-12-6-13-38-37-10-3-4-14-39(37)42-40(36)38/h1-26,37,39,41H. The number of anilines is 2. The summed E-state index contributed by atoms with van der Waals surface area (Å²) in [5.74, 6) is 1.31. The Morgan fingerprint density at radius 3 is 1.83 bits per heavy atom. The van der Waals surface area contributed by atoms with Crippen LogP contribution in [0.25, 0.3) is 44.2 Å². The summed E-state index contributed by atoms with van der Waals surface area (Å²) in [4.78, 5) is 0. The molecule has 6 aromatic rings. The van der Waals surface area contributed by atoms with Gasteiger partial charge < -0.3 is 10.1 Å². The maximum atomic E-state index is 6.36. The van der Waals surface area contributed by atoms with Gasteiger partial charge in [-0.1, -0.05) is 127 Å². The molecule has 2 heteroatoms. The van der Waals surface area contributed by atoms with E-state index in [1.807, 2.05) is 0 Å². The topological polar surface area (TPSA) is 21.3 Å². The molecule has 2 unspecified atom stereocenters. The third-order valence-electron chi connectivity index (χ3n) is 8.43. The van der Waals surface area contributed by atoms with Crippen LogP contribution in [0.4, 0.5) is 11.4 Å². The Kier molecular flexibility index (Phi) is 5.97. The van der Waals surface area contributed by atoms with Crippen molar-refractivity contribution in [2.75, 3.05) is 5.32 Å². The number of ether oxygens (including phenoxy) is 1. The summed E-state index contributed by atoms with van der Waals surface area (Å²) in [6, 6.07) is 47.6. The van der Waals surface area contributed by atoms with Crippen molar-refractivity contribution in [1.29, 1.82) is 0 Å². The number of hydrogen-bond donors (Lipinski definition) is 1. The molecular formula is C40H29NO. The third-order valence-corrected chi connectivity index (χ3v) is 8.43. The van der Waals surface area contributed by atoms with Crippen molar-refractivity contribution in [2.24, 2.45) is 0 Å². The summed E-state index contributed by atoms with van der Waals surface area (Å²) in [7, 11) is 0. The van der Waals surface area contributed by atoms with Gasteiger partial charge in [-0.05, 0) is 68.9 Å². The molecule has 2 aliphatic rings. The zero-order chi connectivity index (χ0) is 27.9. The van der Waals surface area contributed by atoms with E-state index in [0.29, 0.717) is 5.92 Å². The van der Waals surface area contributed by atoms with Gasteiger partial charge in [-0.3, -0.25) is 0 Å². The molecule has 2 atom stereocenters.